The fraction of sp³-hybridized carbons (Fsp3) is 0.250. The van der Waals surface area contributed by atoms with Gasteiger partial charge in [-0.3, -0.25) is 14.2 Å². The van der Waals surface area contributed by atoms with E-state index in [4.69, 9.17) is 0 Å². The van der Waals surface area contributed by atoms with Gasteiger partial charge in [0.2, 0.25) is 5.91 Å². The summed E-state index contributed by atoms with van der Waals surface area (Å²) in [5.74, 6) is -0.408. The molecule has 0 bridgehead atoms. The van der Waals surface area contributed by atoms with Gasteiger partial charge in [-0.1, -0.05) is 36.9 Å². The Labute approximate surface area is 160 Å². The second-order valence-electron chi connectivity index (χ2n) is 6.12. The van der Waals surface area contributed by atoms with E-state index in [-0.39, 0.29) is 17.2 Å². The number of hydrogen-bond donors (Lipinski definition) is 1. The van der Waals surface area contributed by atoms with E-state index in [9.17, 15) is 14.0 Å². The Hall–Kier alpha value is -2.67. The number of para-hydroxylation sites is 1. The topological polar surface area (TPSA) is 64.0 Å². The van der Waals surface area contributed by atoms with Crippen LogP contribution in [0.4, 0.5) is 4.39 Å². The first-order valence-electron chi connectivity index (χ1n) is 8.69. The molecule has 3 aromatic rings. The highest BCUT2D eigenvalue weighted by atomic mass is 32.2. The quantitative estimate of drug-likeness (QED) is 0.521. The predicted molar refractivity (Wildman–Crippen MR) is 106 cm³/mol. The van der Waals surface area contributed by atoms with Gasteiger partial charge in [-0.15, -0.1) is 0 Å². The molecule has 0 saturated heterocycles. The number of aromatic nitrogens is 2. The Morgan fingerprint density at radius 2 is 2.04 bits per heavy atom. The summed E-state index contributed by atoms with van der Waals surface area (Å²) in [7, 11) is 0. The lowest BCUT2D eigenvalue weighted by Gasteiger charge is -2.13. The molecule has 140 valence electrons. The minimum absolute atomic E-state index is 0.124. The standard InChI is InChI=1S/C20H20FN3O2S/c1-3-10-22-18(25)12-27-20-23-17-7-5-4-6-15(17)19(26)24(20)14-9-8-13(2)16(21)11-14/h4-9,11H,3,10,12H2,1-2H3,(H,22,25). The van der Waals surface area contributed by atoms with Crippen LogP contribution in [0.15, 0.2) is 52.4 Å². The summed E-state index contributed by atoms with van der Waals surface area (Å²) in [4.78, 5) is 29.6. The van der Waals surface area contributed by atoms with Crippen molar-refractivity contribution in [2.45, 2.75) is 25.4 Å². The van der Waals surface area contributed by atoms with Gasteiger partial charge in [0.25, 0.3) is 5.56 Å². The first-order chi connectivity index (χ1) is 13.0. The molecule has 1 aromatic heterocycles. The van der Waals surface area contributed by atoms with Crippen LogP contribution in [0.5, 0.6) is 0 Å². The van der Waals surface area contributed by atoms with Crippen molar-refractivity contribution in [3.8, 4) is 5.69 Å². The summed E-state index contributed by atoms with van der Waals surface area (Å²) in [6.45, 7) is 4.23. The summed E-state index contributed by atoms with van der Waals surface area (Å²) in [6, 6.07) is 11.6. The number of hydrogen-bond acceptors (Lipinski definition) is 4. The molecule has 0 saturated carbocycles. The number of nitrogens with zero attached hydrogens (tertiary/aromatic N) is 2. The van der Waals surface area contributed by atoms with E-state index in [1.54, 1.807) is 43.3 Å². The molecular weight excluding hydrogens is 365 g/mol. The fourth-order valence-electron chi connectivity index (χ4n) is 2.60. The van der Waals surface area contributed by atoms with Crippen LogP contribution in [0.1, 0.15) is 18.9 Å². The number of halogens is 1. The molecule has 0 aliphatic rings. The molecule has 27 heavy (non-hydrogen) atoms. The maximum absolute atomic E-state index is 14.1. The minimum atomic E-state index is -0.399. The van der Waals surface area contributed by atoms with Crippen molar-refractivity contribution in [3.63, 3.8) is 0 Å². The molecule has 0 spiro atoms. The van der Waals surface area contributed by atoms with Gasteiger partial charge in [-0.25, -0.2) is 9.37 Å². The van der Waals surface area contributed by atoms with Crippen molar-refractivity contribution in [3.05, 3.63) is 64.2 Å². The van der Waals surface area contributed by atoms with Crippen molar-refractivity contribution in [1.29, 1.82) is 0 Å². The summed E-state index contributed by atoms with van der Waals surface area (Å²) in [6.07, 6.45) is 0.845. The molecule has 2 aromatic carbocycles. The fourth-order valence-corrected chi connectivity index (χ4v) is 3.45. The van der Waals surface area contributed by atoms with Gasteiger partial charge in [-0.2, -0.15) is 0 Å². The van der Waals surface area contributed by atoms with Gasteiger partial charge in [0, 0.05) is 6.54 Å². The Morgan fingerprint density at radius 1 is 1.26 bits per heavy atom. The van der Waals surface area contributed by atoms with E-state index in [0.717, 1.165) is 18.2 Å². The molecule has 3 rings (SSSR count). The van der Waals surface area contributed by atoms with Gasteiger partial charge in [-0.05, 0) is 43.2 Å². The molecule has 0 unspecified atom stereocenters. The minimum Gasteiger partial charge on any atom is -0.355 e. The SMILES string of the molecule is CCCNC(=O)CSc1nc2ccccc2c(=O)n1-c1ccc(C)c(F)c1. The van der Waals surface area contributed by atoms with Gasteiger partial charge < -0.3 is 5.32 Å². The lowest BCUT2D eigenvalue weighted by molar-refractivity contribution is -0.118. The number of aryl methyl sites for hydroxylation is 1. The summed E-state index contributed by atoms with van der Waals surface area (Å²) in [5, 5.41) is 3.59. The second kappa shape index (κ2) is 8.35. The van der Waals surface area contributed by atoms with E-state index < -0.39 is 5.82 Å². The van der Waals surface area contributed by atoms with Crippen LogP contribution in [0.3, 0.4) is 0 Å². The molecule has 5 nitrogen and oxygen atoms in total. The van der Waals surface area contributed by atoms with E-state index in [1.807, 2.05) is 6.92 Å². The molecule has 1 N–H and O–H groups in total. The molecule has 1 amide bonds. The average Bonchev–Trinajstić information content (AvgIpc) is 2.67. The average molecular weight is 385 g/mol. The summed E-state index contributed by atoms with van der Waals surface area (Å²) in [5.41, 5.74) is 1.13. The van der Waals surface area contributed by atoms with E-state index in [2.05, 4.69) is 10.3 Å². The number of carbonyl (C=O) groups is 1. The number of thioether (sulfide) groups is 1. The largest absolute Gasteiger partial charge is 0.355 e. The Bertz CT molecular complexity index is 1050. The van der Waals surface area contributed by atoms with Crippen LogP contribution in [0, 0.1) is 12.7 Å². The molecule has 7 heteroatoms. The molecular formula is C20H20FN3O2S. The zero-order valence-electron chi connectivity index (χ0n) is 15.2. The lowest BCUT2D eigenvalue weighted by atomic mass is 10.2. The van der Waals surface area contributed by atoms with Crippen LogP contribution >= 0.6 is 11.8 Å². The Kier molecular flexibility index (Phi) is 5.91. The van der Waals surface area contributed by atoms with Gasteiger partial charge in [0.05, 0.1) is 22.3 Å². The number of nitrogens with one attached hydrogen (secondary N) is 1. The highest BCUT2D eigenvalue weighted by Gasteiger charge is 2.15. The number of benzene rings is 2. The van der Waals surface area contributed by atoms with E-state index >= 15 is 0 Å². The summed E-state index contributed by atoms with van der Waals surface area (Å²) < 4.78 is 15.5. The normalized spacial score (nSPS) is 10.9. The number of amides is 1. The smallest absolute Gasteiger partial charge is 0.266 e. The van der Waals surface area contributed by atoms with Gasteiger partial charge in [0.1, 0.15) is 5.82 Å². The zero-order chi connectivity index (χ0) is 19.4. The van der Waals surface area contributed by atoms with Crippen molar-refractivity contribution < 1.29 is 9.18 Å². The van der Waals surface area contributed by atoms with Gasteiger partial charge in [0.15, 0.2) is 5.16 Å². The van der Waals surface area contributed by atoms with Crippen LogP contribution in [-0.4, -0.2) is 27.8 Å². The van der Waals surface area contributed by atoms with Crippen molar-refractivity contribution >= 4 is 28.6 Å². The van der Waals surface area contributed by atoms with E-state index in [0.29, 0.717) is 33.9 Å². The Morgan fingerprint density at radius 3 is 2.78 bits per heavy atom. The van der Waals surface area contributed by atoms with Crippen LogP contribution in [0.2, 0.25) is 0 Å². The number of rotatable bonds is 6. The van der Waals surface area contributed by atoms with Crippen LogP contribution in [0.25, 0.3) is 16.6 Å². The zero-order valence-corrected chi connectivity index (χ0v) is 16.0. The maximum Gasteiger partial charge on any atom is 0.266 e. The second-order valence-corrected chi connectivity index (χ2v) is 7.07. The highest BCUT2D eigenvalue weighted by molar-refractivity contribution is 7.99. The molecule has 0 fully saturated rings. The van der Waals surface area contributed by atoms with Crippen molar-refractivity contribution in [2.24, 2.45) is 0 Å². The van der Waals surface area contributed by atoms with Crippen molar-refractivity contribution in [1.82, 2.24) is 14.9 Å². The molecule has 0 aliphatic heterocycles. The van der Waals surface area contributed by atoms with Gasteiger partial charge >= 0.3 is 0 Å². The molecule has 0 radical (unpaired) electrons. The molecule has 0 aliphatic carbocycles. The number of carbonyl (C=O) groups excluding carboxylic acids is 1. The third kappa shape index (κ3) is 4.19. The van der Waals surface area contributed by atoms with Crippen LogP contribution < -0.4 is 10.9 Å². The Balaban J connectivity index is 2.08. The maximum atomic E-state index is 14.1. The predicted octanol–water partition coefficient (Wildman–Crippen LogP) is 3.45. The van der Waals surface area contributed by atoms with Crippen molar-refractivity contribution in [2.75, 3.05) is 12.3 Å². The van der Waals surface area contributed by atoms with Crippen LogP contribution in [-0.2, 0) is 4.79 Å². The molecule has 0 atom stereocenters. The lowest BCUT2D eigenvalue weighted by Crippen LogP contribution is -2.27. The monoisotopic (exact) mass is 385 g/mol. The summed E-state index contributed by atoms with van der Waals surface area (Å²) >= 11 is 1.16. The first-order valence-corrected chi connectivity index (χ1v) is 9.67. The molecule has 1 heterocycles. The van der Waals surface area contributed by atoms with E-state index in [1.165, 1.54) is 10.6 Å². The number of fused-ring (bicyclic) bond motifs is 1. The third-order valence-electron chi connectivity index (χ3n) is 4.06. The highest BCUT2D eigenvalue weighted by Crippen LogP contribution is 2.22. The first kappa shape index (κ1) is 19.1. The third-order valence-corrected chi connectivity index (χ3v) is 5.00.